The average molecular weight is 254 g/mol. The van der Waals surface area contributed by atoms with E-state index in [0.29, 0.717) is 18.6 Å². The van der Waals surface area contributed by atoms with Crippen LogP contribution in [0.4, 0.5) is 10.1 Å². The van der Waals surface area contributed by atoms with Gasteiger partial charge in [0.25, 0.3) is 0 Å². The number of hydrogen-bond donors (Lipinski definition) is 2. The van der Waals surface area contributed by atoms with Gasteiger partial charge in [0.2, 0.25) is 6.41 Å². The van der Waals surface area contributed by atoms with Gasteiger partial charge in [-0.25, -0.2) is 4.39 Å². The molecule has 0 heterocycles. The second-order valence-electron chi connectivity index (χ2n) is 3.47. The molecule has 1 aromatic carbocycles. The van der Waals surface area contributed by atoms with Gasteiger partial charge in [-0.05, 0) is 24.6 Å². The Morgan fingerprint density at radius 2 is 2.28 bits per heavy atom. The number of benzene rings is 1. The van der Waals surface area contributed by atoms with Gasteiger partial charge in [-0.2, -0.15) is 0 Å². The van der Waals surface area contributed by atoms with E-state index in [0.717, 1.165) is 0 Å². The third-order valence-electron chi connectivity index (χ3n) is 2.15. The fraction of sp³-hybridized carbons (Fsp3) is 0.333. The van der Waals surface area contributed by atoms with E-state index < -0.39 is 11.8 Å². The van der Waals surface area contributed by atoms with E-state index in [4.69, 9.17) is 4.74 Å². The first-order valence-corrected chi connectivity index (χ1v) is 5.52. The number of rotatable bonds is 7. The van der Waals surface area contributed by atoms with Crippen molar-refractivity contribution in [3.63, 3.8) is 0 Å². The largest absolute Gasteiger partial charge is 0.465 e. The van der Waals surface area contributed by atoms with Crippen molar-refractivity contribution in [2.75, 3.05) is 18.5 Å². The Labute approximate surface area is 104 Å². The summed E-state index contributed by atoms with van der Waals surface area (Å²) in [5.74, 6) is -0.923. The molecule has 0 spiro atoms. The summed E-state index contributed by atoms with van der Waals surface area (Å²) >= 11 is 0. The van der Waals surface area contributed by atoms with Gasteiger partial charge in [0.1, 0.15) is 12.4 Å². The second-order valence-corrected chi connectivity index (χ2v) is 3.47. The highest BCUT2D eigenvalue weighted by Gasteiger charge is 2.06. The zero-order valence-corrected chi connectivity index (χ0v) is 10.0. The van der Waals surface area contributed by atoms with Crippen LogP contribution in [0.15, 0.2) is 18.2 Å². The lowest BCUT2D eigenvalue weighted by molar-refractivity contribution is -0.140. The molecule has 1 aromatic rings. The number of hydrogen-bond acceptors (Lipinski definition) is 4. The van der Waals surface area contributed by atoms with Crippen molar-refractivity contribution in [1.29, 1.82) is 0 Å². The van der Waals surface area contributed by atoms with Gasteiger partial charge in [0.05, 0.1) is 12.3 Å². The first-order valence-electron chi connectivity index (χ1n) is 5.52. The third kappa shape index (κ3) is 4.40. The Kier molecular flexibility index (Phi) is 5.63. The molecule has 1 rings (SSSR count). The van der Waals surface area contributed by atoms with Crippen LogP contribution in [0, 0.1) is 5.82 Å². The molecular weight excluding hydrogens is 239 g/mol. The molecule has 0 aromatic heterocycles. The molecule has 18 heavy (non-hydrogen) atoms. The number of ether oxygens (including phenoxy) is 1. The predicted molar refractivity (Wildman–Crippen MR) is 64.4 cm³/mol. The van der Waals surface area contributed by atoms with Gasteiger partial charge in [0, 0.05) is 6.54 Å². The van der Waals surface area contributed by atoms with Crippen LogP contribution in [0.3, 0.4) is 0 Å². The topological polar surface area (TPSA) is 67.4 Å². The number of nitrogens with one attached hydrogen (secondary N) is 2. The Bertz CT molecular complexity index is 424. The maximum atomic E-state index is 13.6. The molecule has 0 atom stereocenters. The van der Waals surface area contributed by atoms with Crippen LogP contribution in [0.2, 0.25) is 0 Å². The minimum atomic E-state index is -0.482. The summed E-state index contributed by atoms with van der Waals surface area (Å²) in [6.07, 6.45) is 0.546. The zero-order chi connectivity index (χ0) is 13.4. The molecule has 0 saturated heterocycles. The van der Waals surface area contributed by atoms with Crippen molar-refractivity contribution in [2.24, 2.45) is 0 Å². The first kappa shape index (κ1) is 14.0. The fourth-order valence-electron chi connectivity index (χ4n) is 1.35. The van der Waals surface area contributed by atoms with Crippen LogP contribution >= 0.6 is 0 Å². The van der Waals surface area contributed by atoms with E-state index in [1.165, 1.54) is 12.1 Å². The quantitative estimate of drug-likeness (QED) is 0.563. The van der Waals surface area contributed by atoms with Crippen LogP contribution in [0.1, 0.15) is 12.5 Å². The van der Waals surface area contributed by atoms with Crippen LogP contribution in [0.25, 0.3) is 0 Å². The number of anilines is 1. The maximum Gasteiger partial charge on any atom is 0.325 e. The van der Waals surface area contributed by atoms with Gasteiger partial charge < -0.3 is 15.4 Å². The van der Waals surface area contributed by atoms with Crippen molar-refractivity contribution in [1.82, 2.24) is 5.32 Å². The Morgan fingerprint density at radius 3 is 2.89 bits per heavy atom. The van der Waals surface area contributed by atoms with Gasteiger partial charge in [-0.1, -0.05) is 6.07 Å². The van der Waals surface area contributed by atoms with E-state index in [2.05, 4.69) is 10.6 Å². The summed E-state index contributed by atoms with van der Waals surface area (Å²) in [6.45, 7) is 2.17. The minimum absolute atomic E-state index is 0.0866. The van der Waals surface area contributed by atoms with E-state index in [1.54, 1.807) is 13.0 Å². The Morgan fingerprint density at radius 1 is 1.50 bits per heavy atom. The van der Waals surface area contributed by atoms with Crippen molar-refractivity contribution in [3.05, 3.63) is 29.6 Å². The molecule has 5 nitrogen and oxygen atoms in total. The number of carbonyl (C=O) groups excluding carboxylic acids is 2. The molecule has 98 valence electrons. The lowest BCUT2D eigenvalue weighted by Gasteiger charge is -2.08. The van der Waals surface area contributed by atoms with Crippen molar-refractivity contribution in [3.8, 4) is 0 Å². The number of esters is 1. The van der Waals surface area contributed by atoms with Crippen LogP contribution in [-0.4, -0.2) is 25.5 Å². The van der Waals surface area contributed by atoms with Gasteiger partial charge >= 0.3 is 5.97 Å². The highest BCUT2D eigenvalue weighted by Crippen LogP contribution is 2.15. The Balaban J connectivity index is 2.56. The SMILES string of the molecule is CCOC(=O)CNc1ccc(CNC=O)cc1F. The summed E-state index contributed by atoms with van der Waals surface area (Å²) in [7, 11) is 0. The number of halogens is 1. The second kappa shape index (κ2) is 7.26. The zero-order valence-electron chi connectivity index (χ0n) is 10.0. The van der Waals surface area contributed by atoms with Crippen LogP contribution < -0.4 is 10.6 Å². The summed E-state index contributed by atoms with van der Waals surface area (Å²) in [5, 5.41) is 5.08. The van der Waals surface area contributed by atoms with Crippen LogP contribution in [-0.2, 0) is 20.9 Å². The fourth-order valence-corrected chi connectivity index (χ4v) is 1.35. The smallest absolute Gasteiger partial charge is 0.325 e. The van der Waals surface area contributed by atoms with Crippen molar-refractivity contribution >= 4 is 18.1 Å². The predicted octanol–water partition coefficient (Wildman–Crippen LogP) is 1.05. The number of amides is 1. The van der Waals surface area contributed by atoms with E-state index in [-0.39, 0.29) is 18.8 Å². The number of carbonyl (C=O) groups is 2. The van der Waals surface area contributed by atoms with Crippen molar-refractivity contribution < 1.29 is 18.7 Å². The van der Waals surface area contributed by atoms with Crippen molar-refractivity contribution in [2.45, 2.75) is 13.5 Å². The van der Waals surface area contributed by atoms with E-state index in [1.807, 2.05) is 0 Å². The standard InChI is InChI=1S/C12H15FN2O3/c1-2-18-12(17)7-15-11-4-3-9(5-10(11)13)6-14-8-16/h3-5,8,15H,2,6-7H2,1H3,(H,14,16). The van der Waals surface area contributed by atoms with Gasteiger partial charge in [-0.15, -0.1) is 0 Å². The molecule has 0 aliphatic rings. The summed E-state index contributed by atoms with van der Waals surface area (Å²) in [4.78, 5) is 21.2. The summed E-state index contributed by atoms with van der Waals surface area (Å²) in [5.41, 5.74) is 0.860. The molecule has 2 N–H and O–H groups in total. The minimum Gasteiger partial charge on any atom is -0.465 e. The lowest BCUT2D eigenvalue weighted by atomic mass is 10.2. The molecule has 0 aliphatic carbocycles. The molecule has 0 aliphatic heterocycles. The lowest BCUT2D eigenvalue weighted by Crippen LogP contribution is -2.17. The Hall–Kier alpha value is -2.11. The highest BCUT2D eigenvalue weighted by molar-refractivity contribution is 5.75. The molecule has 1 amide bonds. The molecule has 0 unspecified atom stereocenters. The van der Waals surface area contributed by atoms with E-state index >= 15 is 0 Å². The van der Waals surface area contributed by atoms with Gasteiger partial charge in [-0.3, -0.25) is 9.59 Å². The van der Waals surface area contributed by atoms with E-state index in [9.17, 15) is 14.0 Å². The molecular formula is C12H15FN2O3. The van der Waals surface area contributed by atoms with Crippen LogP contribution in [0.5, 0.6) is 0 Å². The molecule has 0 radical (unpaired) electrons. The summed E-state index contributed by atoms with van der Waals surface area (Å²) < 4.78 is 18.3. The molecule has 6 heteroatoms. The van der Waals surface area contributed by atoms with Gasteiger partial charge in [0.15, 0.2) is 0 Å². The molecule has 0 fully saturated rings. The average Bonchev–Trinajstić information content (AvgIpc) is 2.35. The molecule has 0 saturated carbocycles. The maximum absolute atomic E-state index is 13.6. The molecule has 0 bridgehead atoms. The summed E-state index contributed by atoms with van der Waals surface area (Å²) in [6, 6.07) is 4.47. The highest BCUT2D eigenvalue weighted by atomic mass is 19.1. The normalized spacial score (nSPS) is 9.67. The third-order valence-corrected chi connectivity index (χ3v) is 2.15. The monoisotopic (exact) mass is 254 g/mol. The first-order chi connectivity index (χ1) is 8.67.